The summed E-state index contributed by atoms with van der Waals surface area (Å²) in [4.78, 5) is 16.5. The predicted octanol–water partition coefficient (Wildman–Crippen LogP) is 5.62. The van der Waals surface area contributed by atoms with Gasteiger partial charge in [0, 0.05) is 5.02 Å². The normalized spacial score (nSPS) is 10.4. The number of carbonyl (C=O) groups excluding carboxylic acids is 1. The van der Waals surface area contributed by atoms with Crippen molar-refractivity contribution in [3.05, 3.63) is 82.0 Å². The summed E-state index contributed by atoms with van der Waals surface area (Å²) in [5.41, 5.74) is 3.41. The Morgan fingerprint density at radius 1 is 1.08 bits per heavy atom. The van der Waals surface area contributed by atoms with Crippen LogP contribution in [0.5, 0.6) is 0 Å². The fourth-order valence-corrected chi connectivity index (χ4v) is 2.82. The summed E-state index contributed by atoms with van der Waals surface area (Å²) in [5.74, 6) is 0.516. The van der Waals surface area contributed by atoms with Gasteiger partial charge >= 0.3 is 0 Å². The van der Waals surface area contributed by atoms with Crippen LogP contribution >= 0.6 is 23.2 Å². The summed E-state index contributed by atoms with van der Waals surface area (Å²) < 4.78 is 0. The fraction of sp³-hybridized carbons (Fsp3) is 0.100. The third kappa shape index (κ3) is 4.97. The number of aromatic nitrogens is 1. The molecule has 3 aromatic rings. The maximum absolute atomic E-state index is 12.2. The molecule has 0 aliphatic rings. The molecule has 0 radical (unpaired) electrons. The molecule has 132 valence electrons. The second-order valence-electron chi connectivity index (χ2n) is 5.90. The summed E-state index contributed by atoms with van der Waals surface area (Å²) in [6.45, 7) is 2.00. The first-order valence-electron chi connectivity index (χ1n) is 8.03. The van der Waals surface area contributed by atoms with E-state index in [4.69, 9.17) is 23.2 Å². The number of carbonyl (C=O) groups is 1. The van der Waals surface area contributed by atoms with Crippen LogP contribution in [0.15, 0.2) is 60.8 Å². The number of anilines is 3. The summed E-state index contributed by atoms with van der Waals surface area (Å²) in [5, 5.41) is 7.07. The summed E-state index contributed by atoms with van der Waals surface area (Å²) >= 11 is 12.1. The number of rotatable bonds is 5. The lowest BCUT2D eigenvalue weighted by atomic mass is 10.1. The molecule has 0 bridgehead atoms. The van der Waals surface area contributed by atoms with Gasteiger partial charge in [-0.15, -0.1) is 0 Å². The zero-order chi connectivity index (χ0) is 18.5. The van der Waals surface area contributed by atoms with E-state index >= 15 is 0 Å². The molecular formula is C20H17Cl2N3O. The highest BCUT2D eigenvalue weighted by atomic mass is 35.5. The molecule has 0 unspecified atom stereocenters. The number of benzene rings is 2. The molecule has 0 fully saturated rings. The molecule has 4 nitrogen and oxygen atoms in total. The van der Waals surface area contributed by atoms with E-state index in [0.29, 0.717) is 33.7 Å². The number of nitrogens with zero attached hydrogens (tertiary/aromatic N) is 1. The molecule has 3 rings (SSSR count). The Balaban J connectivity index is 1.62. The molecule has 2 N–H and O–H groups in total. The van der Waals surface area contributed by atoms with E-state index in [2.05, 4.69) is 15.6 Å². The monoisotopic (exact) mass is 385 g/mol. The van der Waals surface area contributed by atoms with Gasteiger partial charge in [0.2, 0.25) is 5.91 Å². The number of halogens is 2. The van der Waals surface area contributed by atoms with E-state index in [-0.39, 0.29) is 5.91 Å². The lowest BCUT2D eigenvalue weighted by Gasteiger charge is -2.09. The van der Waals surface area contributed by atoms with Gasteiger partial charge in [-0.1, -0.05) is 53.0 Å². The van der Waals surface area contributed by atoms with E-state index in [1.807, 2.05) is 31.2 Å². The number of hydrogen-bond donors (Lipinski definition) is 2. The van der Waals surface area contributed by atoms with Gasteiger partial charge in [-0.3, -0.25) is 4.79 Å². The lowest BCUT2D eigenvalue weighted by Crippen LogP contribution is -2.14. The van der Waals surface area contributed by atoms with Crippen LogP contribution in [0.3, 0.4) is 0 Å². The zero-order valence-corrected chi connectivity index (χ0v) is 15.6. The third-order valence-electron chi connectivity index (χ3n) is 3.69. The van der Waals surface area contributed by atoms with Gasteiger partial charge in [-0.05, 0) is 42.8 Å². The van der Waals surface area contributed by atoms with Crippen LogP contribution in [0.2, 0.25) is 10.0 Å². The van der Waals surface area contributed by atoms with Crippen LogP contribution in [0.25, 0.3) is 0 Å². The van der Waals surface area contributed by atoms with Crippen molar-refractivity contribution < 1.29 is 4.79 Å². The summed E-state index contributed by atoms with van der Waals surface area (Å²) in [7, 11) is 0. The van der Waals surface area contributed by atoms with Crippen LogP contribution in [0.4, 0.5) is 17.2 Å². The average molecular weight is 386 g/mol. The lowest BCUT2D eigenvalue weighted by molar-refractivity contribution is -0.115. The van der Waals surface area contributed by atoms with Crippen molar-refractivity contribution in [2.24, 2.45) is 0 Å². The molecule has 1 amide bonds. The fourth-order valence-electron chi connectivity index (χ4n) is 2.49. The first kappa shape index (κ1) is 18.2. The highest BCUT2D eigenvalue weighted by Crippen LogP contribution is 2.28. The number of hydrogen-bond acceptors (Lipinski definition) is 3. The number of aryl methyl sites for hydroxylation is 1. The van der Waals surface area contributed by atoms with Crippen LogP contribution in [-0.4, -0.2) is 10.9 Å². The molecule has 1 aromatic heterocycles. The average Bonchev–Trinajstić information content (AvgIpc) is 2.60. The van der Waals surface area contributed by atoms with Gasteiger partial charge in [-0.2, -0.15) is 0 Å². The Hall–Kier alpha value is -2.56. The second-order valence-corrected chi connectivity index (χ2v) is 6.74. The minimum atomic E-state index is -0.0870. The smallest absolute Gasteiger partial charge is 0.228 e. The Labute approximate surface area is 162 Å². The Morgan fingerprint density at radius 2 is 1.92 bits per heavy atom. The van der Waals surface area contributed by atoms with Gasteiger partial charge < -0.3 is 10.6 Å². The van der Waals surface area contributed by atoms with E-state index in [1.165, 1.54) is 0 Å². The van der Waals surface area contributed by atoms with E-state index < -0.39 is 0 Å². The molecule has 0 saturated heterocycles. The topological polar surface area (TPSA) is 54.0 Å². The molecular weight excluding hydrogens is 369 g/mol. The van der Waals surface area contributed by atoms with Gasteiger partial charge in [0.1, 0.15) is 5.82 Å². The molecule has 0 spiro atoms. The minimum absolute atomic E-state index is 0.0870. The zero-order valence-electron chi connectivity index (χ0n) is 14.1. The van der Waals surface area contributed by atoms with Crippen LogP contribution in [0, 0.1) is 6.92 Å². The highest BCUT2D eigenvalue weighted by molar-refractivity contribution is 6.35. The van der Waals surface area contributed by atoms with E-state index in [1.54, 1.807) is 36.5 Å². The molecule has 0 saturated carbocycles. The SMILES string of the molecule is Cc1cccc(CC(=O)Nc2ccc(Nc3cc(Cl)ccc3Cl)nc2)c1. The number of pyridine rings is 1. The van der Waals surface area contributed by atoms with Gasteiger partial charge in [0.25, 0.3) is 0 Å². The largest absolute Gasteiger partial charge is 0.339 e. The molecule has 6 heteroatoms. The van der Waals surface area contributed by atoms with Crippen molar-refractivity contribution in [2.75, 3.05) is 10.6 Å². The molecule has 2 aromatic carbocycles. The number of nitrogens with one attached hydrogen (secondary N) is 2. The maximum atomic E-state index is 12.2. The van der Waals surface area contributed by atoms with Crippen molar-refractivity contribution in [2.45, 2.75) is 13.3 Å². The molecule has 1 heterocycles. The Morgan fingerprint density at radius 3 is 2.65 bits per heavy atom. The van der Waals surface area contributed by atoms with Gasteiger partial charge in [0.15, 0.2) is 0 Å². The van der Waals surface area contributed by atoms with Crippen LogP contribution in [0.1, 0.15) is 11.1 Å². The quantitative estimate of drug-likeness (QED) is 0.598. The predicted molar refractivity (Wildman–Crippen MR) is 107 cm³/mol. The van der Waals surface area contributed by atoms with E-state index in [9.17, 15) is 4.79 Å². The second kappa shape index (κ2) is 8.21. The van der Waals surface area contributed by atoms with E-state index in [0.717, 1.165) is 11.1 Å². The van der Waals surface area contributed by atoms with Gasteiger partial charge in [0.05, 0.1) is 29.0 Å². The number of amides is 1. The van der Waals surface area contributed by atoms with Crippen LogP contribution in [-0.2, 0) is 11.2 Å². The minimum Gasteiger partial charge on any atom is -0.339 e. The molecule has 26 heavy (non-hydrogen) atoms. The van der Waals surface area contributed by atoms with Crippen LogP contribution < -0.4 is 10.6 Å². The Kier molecular flexibility index (Phi) is 5.76. The molecule has 0 aliphatic carbocycles. The van der Waals surface area contributed by atoms with Gasteiger partial charge in [-0.25, -0.2) is 4.98 Å². The van der Waals surface area contributed by atoms with Crippen molar-refractivity contribution in [1.82, 2.24) is 4.98 Å². The van der Waals surface area contributed by atoms with Crippen molar-refractivity contribution >= 4 is 46.3 Å². The summed E-state index contributed by atoms with van der Waals surface area (Å²) in [6, 6.07) is 16.6. The first-order valence-corrected chi connectivity index (χ1v) is 8.79. The van der Waals surface area contributed by atoms with Crippen molar-refractivity contribution in [3.63, 3.8) is 0 Å². The highest BCUT2D eigenvalue weighted by Gasteiger charge is 2.06. The Bertz CT molecular complexity index is 927. The van der Waals surface area contributed by atoms with Crippen molar-refractivity contribution in [3.8, 4) is 0 Å². The third-order valence-corrected chi connectivity index (χ3v) is 4.25. The first-order chi connectivity index (χ1) is 12.5. The standard InChI is InChI=1S/C20H17Cl2N3O/c1-13-3-2-4-14(9-13)10-20(26)24-16-6-8-19(23-12-16)25-18-11-15(21)5-7-17(18)22/h2-9,11-12H,10H2,1H3,(H,23,25)(H,24,26). The molecule has 0 atom stereocenters. The van der Waals surface area contributed by atoms with Crippen molar-refractivity contribution in [1.29, 1.82) is 0 Å². The molecule has 0 aliphatic heterocycles. The maximum Gasteiger partial charge on any atom is 0.228 e. The summed E-state index contributed by atoms with van der Waals surface area (Å²) in [6.07, 6.45) is 1.91.